The van der Waals surface area contributed by atoms with Gasteiger partial charge in [0.25, 0.3) is 0 Å². The largest absolute Gasteiger partial charge is 0.397 e. The molecule has 0 aliphatic heterocycles. The molecule has 0 saturated heterocycles. The number of hydrogen-bond donors (Lipinski definition) is 3. The van der Waals surface area contributed by atoms with Gasteiger partial charge in [0, 0.05) is 34.9 Å². The molecule has 0 aliphatic rings. The number of rotatable bonds is 3. The molecule has 3 nitrogen and oxygen atoms in total. The van der Waals surface area contributed by atoms with Crippen molar-refractivity contribution in [3.8, 4) is 0 Å². The summed E-state index contributed by atoms with van der Waals surface area (Å²) in [5.41, 5.74) is 5.19. The van der Waals surface area contributed by atoms with Crippen molar-refractivity contribution in [3.05, 3.63) is 6.92 Å². The molecule has 0 radical (unpaired) electrons. The third-order valence-corrected chi connectivity index (χ3v) is 0.704. The summed E-state index contributed by atoms with van der Waals surface area (Å²) < 4.78 is 0. The SMILES string of the molecule is CCO.CCO.[CH2-]CCCCN.[Ti]. The minimum Gasteiger partial charge on any atom is -0.397 e. The molecule has 0 amide bonds. The Kier molecular flexibility index (Phi) is 70.2. The van der Waals surface area contributed by atoms with E-state index >= 15 is 0 Å². The average molecular weight is 226 g/mol. The fourth-order valence-corrected chi connectivity index (χ4v) is 0.321. The van der Waals surface area contributed by atoms with Crippen molar-refractivity contribution in [1.82, 2.24) is 0 Å². The normalized spacial score (nSPS) is 6.92. The number of hydrogen-bond acceptors (Lipinski definition) is 3. The number of aliphatic hydroxyl groups is 2. The molecule has 0 aliphatic carbocycles. The van der Waals surface area contributed by atoms with E-state index < -0.39 is 0 Å². The summed E-state index contributed by atoms with van der Waals surface area (Å²) in [7, 11) is 0. The van der Waals surface area contributed by atoms with Gasteiger partial charge in [-0.2, -0.15) is 6.42 Å². The summed E-state index contributed by atoms with van der Waals surface area (Å²) in [5.74, 6) is 0. The molecule has 0 aromatic carbocycles. The minimum absolute atomic E-state index is 0. The number of nitrogens with two attached hydrogens (primary N) is 1. The zero-order valence-electron chi connectivity index (χ0n) is 8.92. The van der Waals surface area contributed by atoms with Crippen LogP contribution in [0.2, 0.25) is 0 Å². The Hall–Kier alpha value is 0.594. The standard InChI is InChI=1S/C5H12N.2C2H6O.Ti/c1-2-3-4-5-6;2*1-2-3;/h1-6H2;2*3H,2H2,1H3;/q-1;;;. The van der Waals surface area contributed by atoms with Gasteiger partial charge in [-0.25, -0.2) is 0 Å². The molecule has 0 heterocycles. The molecule has 0 unspecified atom stereocenters. The van der Waals surface area contributed by atoms with Crippen LogP contribution in [-0.4, -0.2) is 30.0 Å². The predicted molar refractivity (Wildman–Crippen MR) is 53.8 cm³/mol. The molecule has 0 spiro atoms. The fourth-order valence-electron chi connectivity index (χ4n) is 0.321. The van der Waals surface area contributed by atoms with Crippen molar-refractivity contribution >= 4 is 0 Å². The summed E-state index contributed by atoms with van der Waals surface area (Å²) >= 11 is 0. The fraction of sp³-hybridized carbons (Fsp3) is 0.889. The van der Waals surface area contributed by atoms with Crippen LogP contribution < -0.4 is 5.73 Å². The van der Waals surface area contributed by atoms with Crippen LogP contribution in [0.5, 0.6) is 0 Å². The van der Waals surface area contributed by atoms with E-state index in [9.17, 15) is 0 Å². The van der Waals surface area contributed by atoms with Crippen LogP contribution in [0.1, 0.15) is 33.1 Å². The second kappa shape index (κ2) is 38.9. The van der Waals surface area contributed by atoms with Crippen molar-refractivity contribution in [3.63, 3.8) is 0 Å². The van der Waals surface area contributed by atoms with Crippen LogP contribution in [0.4, 0.5) is 0 Å². The number of aliphatic hydroxyl groups excluding tert-OH is 2. The first-order valence-corrected chi connectivity index (χ1v) is 4.45. The van der Waals surface area contributed by atoms with Crippen LogP contribution in [0.3, 0.4) is 0 Å². The maximum Gasteiger partial charge on any atom is 0.0402 e. The Labute approximate surface area is 97.6 Å². The van der Waals surface area contributed by atoms with E-state index in [1.54, 1.807) is 13.8 Å². The van der Waals surface area contributed by atoms with Gasteiger partial charge in [-0.1, -0.05) is 6.42 Å². The third-order valence-electron chi connectivity index (χ3n) is 0.704. The summed E-state index contributed by atoms with van der Waals surface area (Å²) in [6.45, 7) is 8.34. The van der Waals surface area contributed by atoms with Gasteiger partial charge >= 0.3 is 0 Å². The summed E-state index contributed by atoms with van der Waals surface area (Å²) in [5, 5.41) is 15.1. The molecular weight excluding hydrogens is 202 g/mol. The Balaban J connectivity index is -0.0000000501. The second-order valence-corrected chi connectivity index (χ2v) is 1.98. The zero-order chi connectivity index (χ0) is 10.2. The van der Waals surface area contributed by atoms with Crippen LogP contribution >= 0.6 is 0 Å². The first kappa shape index (κ1) is 23.4. The molecule has 0 saturated carbocycles. The van der Waals surface area contributed by atoms with E-state index in [1.807, 2.05) is 0 Å². The van der Waals surface area contributed by atoms with Gasteiger partial charge in [-0.15, -0.1) is 0 Å². The van der Waals surface area contributed by atoms with Crippen molar-refractivity contribution in [1.29, 1.82) is 0 Å². The van der Waals surface area contributed by atoms with Gasteiger partial charge in [0.1, 0.15) is 0 Å². The molecule has 82 valence electrons. The third kappa shape index (κ3) is 109. The van der Waals surface area contributed by atoms with Gasteiger partial charge in [-0.3, -0.25) is 0 Å². The summed E-state index contributed by atoms with van der Waals surface area (Å²) in [4.78, 5) is 0. The Bertz CT molecular complexity index is 42.6. The first-order chi connectivity index (χ1) is 5.74. The van der Waals surface area contributed by atoms with Crippen molar-refractivity contribution in [2.75, 3.05) is 19.8 Å². The van der Waals surface area contributed by atoms with E-state index in [4.69, 9.17) is 15.9 Å². The number of unbranched alkanes of at least 4 members (excludes halogenated alkanes) is 2. The monoisotopic (exact) mass is 226 g/mol. The maximum absolute atomic E-state index is 7.57. The molecule has 0 bridgehead atoms. The van der Waals surface area contributed by atoms with Gasteiger partial charge in [-0.05, 0) is 26.8 Å². The molecule has 4 N–H and O–H groups in total. The Morgan fingerprint density at radius 2 is 1.38 bits per heavy atom. The zero-order valence-corrected chi connectivity index (χ0v) is 10.5. The summed E-state index contributed by atoms with van der Waals surface area (Å²) in [6, 6.07) is 0. The van der Waals surface area contributed by atoms with E-state index in [0.717, 1.165) is 19.4 Å². The minimum atomic E-state index is 0. The molecule has 4 heteroatoms. The van der Waals surface area contributed by atoms with Gasteiger partial charge in [0.2, 0.25) is 0 Å². The van der Waals surface area contributed by atoms with Crippen LogP contribution in [-0.2, 0) is 21.7 Å². The average Bonchev–Trinajstić information content (AvgIpc) is 2.04. The Morgan fingerprint density at radius 3 is 1.46 bits per heavy atom. The van der Waals surface area contributed by atoms with Crippen LogP contribution in [0, 0.1) is 6.92 Å². The van der Waals surface area contributed by atoms with Gasteiger partial charge < -0.3 is 22.9 Å². The molecule has 0 aromatic heterocycles. The molecular formula is C9H24NO2Ti-. The summed E-state index contributed by atoms with van der Waals surface area (Å²) in [6.07, 6.45) is 3.33. The van der Waals surface area contributed by atoms with Crippen LogP contribution in [0.15, 0.2) is 0 Å². The van der Waals surface area contributed by atoms with E-state index in [2.05, 4.69) is 6.92 Å². The smallest absolute Gasteiger partial charge is 0.0402 e. The molecule has 0 rings (SSSR count). The van der Waals surface area contributed by atoms with Crippen molar-refractivity contribution in [2.24, 2.45) is 5.73 Å². The molecule has 0 atom stereocenters. The van der Waals surface area contributed by atoms with Crippen LogP contribution in [0.25, 0.3) is 0 Å². The molecule has 0 aromatic rings. The van der Waals surface area contributed by atoms with E-state index in [1.165, 1.54) is 6.42 Å². The molecule has 13 heavy (non-hydrogen) atoms. The van der Waals surface area contributed by atoms with Gasteiger partial charge in [0.15, 0.2) is 0 Å². The predicted octanol–water partition coefficient (Wildman–Crippen LogP) is 0.944. The molecule has 0 fully saturated rings. The maximum atomic E-state index is 7.57. The van der Waals surface area contributed by atoms with E-state index in [-0.39, 0.29) is 34.9 Å². The topological polar surface area (TPSA) is 66.5 Å². The van der Waals surface area contributed by atoms with Crippen molar-refractivity contribution < 1.29 is 31.9 Å². The second-order valence-electron chi connectivity index (χ2n) is 1.98. The van der Waals surface area contributed by atoms with Gasteiger partial charge in [0.05, 0.1) is 0 Å². The Morgan fingerprint density at radius 1 is 1.08 bits per heavy atom. The van der Waals surface area contributed by atoms with E-state index in [0.29, 0.717) is 0 Å². The quantitative estimate of drug-likeness (QED) is 0.381. The van der Waals surface area contributed by atoms with Crippen molar-refractivity contribution in [2.45, 2.75) is 33.1 Å². The first-order valence-electron chi connectivity index (χ1n) is 4.45.